The monoisotopic (exact) mass is 262 g/mol. The summed E-state index contributed by atoms with van der Waals surface area (Å²) in [5, 5.41) is 2.85. The molecule has 1 aliphatic heterocycles. The van der Waals surface area contributed by atoms with Crippen LogP contribution in [-0.2, 0) is 10.0 Å². The Labute approximate surface area is 106 Å². The molecule has 1 aliphatic rings. The first-order valence-electron chi connectivity index (χ1n) is 6.61. The summed E-state index contributed by atoms with van der Waals surface area (Å²) in [6.07, 6.45) is 2.01. The van der Waals surface area contributed by atoms with E-state index in [0.29, 0.717) is 19.0 Å². The van der Waals surface area contributed by atoms with Gasteiger partial charge in [0.25, 0.3) is 0 Å². The second-order valence-corrected chi connectivity index (χ2v) is 7.62. The van der Waals surface area contributed by atoms with Gasteiger partial charge in [0, 0.05) is 19.1 Å². The first kappa shape index (κ1) is 14.9. The van der Waals surface area contributed by atoms with Crippen molar-refractivity contribution in [1.29, 1.82) is 0 Å². The molecule has 3 unspecified atom stereocenters. The van der Waals surface area contributed by atoms with Crippen molar-refractivity contribution in [3.63, 3.8) is 0 Å². The fraction of sp³-hybridized carbons (Fsp3) is 1.00. The molecule has 1 fully saturated rings. The fourth-order valence-electron chi connectivity index (χ4n) is 2.43. The number of sulfonamides is 1. The molecule has 0 saturated carbocycles. The summed E-state index contributed by atoms with van der Waals surface area (Å²) < 4.78 is 26.4. The van der Waals surface area contributed by atoms with Crippen molar-refractivity contribution < 1.29 is 8.42 Å². The maximum atomic E-state index is 12.4. The van der Waals surface area contributed by atoms with Gasteiger partial charge in [-0.05, 0) is 39.2 Å². The van der Waals surface area contributed by atoms with Crippen molar-refractivity contribution in [1.82, 2.24) is 9.62 Å². The molecular weight excluding hydrogens is 236 g/mol. The first-order valence-corrected chi connectivity index (χ1v) is 8.11. The van der Waals surface area contributed by atoms with E-state index in [2.05, 4.69) is 19.2 Å². The Bertz CT molecular complexity index is 329. The van der Waals surface area contributed by atoms with E-state index in [0.717, 1.165) is 19.4 Å². The third kappa shape index (κ3) is 3.66. The Morgan fingerprint density at radius 3 is 2.53 bits per heavy atom. The molecule has 4 nitrogen and oxygen atoms in total. The van der Waals surface area contributed by atoms with E-state index in [9.17, 15) is 8.42 Å². The Kier molecular flexibility index (Phi) is 5.41. The van der Waals surface area contributed by atoms with E-state index >= 15 is 0 Å². The average molecular weight is 262 g/mol. The van der Waals surface area contributed by atoms with Crippen molar-refractivity contribution >= 4 is 10.0 Å². The molecular formula is C12H26N2O2S. The highest BCUT2D eigenvalue weighted by Gasteiger charge is 2.37. The van der Waals surface area contributed by atoms with Gasteiger partial charge in [-0.25, -0.2) is 8.42 Å². The highest BCUT2D eigenvalue weighted by Crippen LogP contribution is 2.27. The molecule has 1 saturated heterocycles. The van der Waals surface area contributed by atoms with Gasteiger partial charge in [0.2, 0.25) is 10.0 Å². The van der Waals surface area contributed by atoms with Crippen LogP contribution in [0, 0.1) is 5.92 Å². The summed E-state index contributed by atoms with van der Waals surface area (Å²) >= 11 is 0. The van der Waals surface area contributed by atoms with E-state index in [4.69, 9.17) is 0 Å². The van der Waals surface area contributed by atoms with Crippen LogP contribution in [0.1, 0.15) is 40.5 Å². The standard InChI is InChI=1S/C12H26N2O2S/c1-5-6-13-8-12(4)17(15,16)14-9-10(2)7-11(14)3/h10-13H,5-9H2,1-4H3. The minimum Gasteiger partial charge on any atom is -0.315 e. The van der Waals surface area contributed by atoms with E-state index in [1.54, 1.807) is 11.2 Å². The summed E-state index contributed by atoms with van der Waals surface area (Å²) in [7, 11) is -3.13. The molecule has 5 heteroatoms. The van der Waals surface area contributed by atoms with Crippen molar-refractivity contribution in [2.45, 2.75) is 51.8 Å². The largest absolute Gasteiger partial charge is 0.315 e. The van der Waals surface area contributed by atoms with Crippen LogP contribution < -0.4 is 5.32 Å². The van der Waals surface area contributed by atoms with Crippen LogP contribution in [0.15, 0.2) is 0 Å². The third-order valence-electron chi connectivity index (χ3n) is 3.42. The normalized spacial score (nSPS) is 28.5. The second kappa shape index (κ2) is 6.16. The smallest absolute Gasteiger partial charge is 0.218 e. The topological polar surface area (TPSA) is 49.4 Å². The van der Waals surface area contributed by atoms with Gasteiger partial charge in [-0.15, -0.1) is 0 Å². The van der Waals surface area contributed by atoms with Crippen molar-refractivity contribution in [2.24, 2.45) is 5.92 Å². The Morgan fingerprint density at radius 1 is 1.41 bits per heavy atom. The van der Waals surface area contributed by atoms with E-state index in [-0.39, 0.29) is 11.3 Å². The molecule has 3 atom stereocenters. The van der Waals surface area contributed by atoms with Gasteiger partial charge in [-0.1, -0.05) is 13.8 Å². The molecule has 17 heavy (non-hydrogen) atoms. The molecule has 0 aromatic heterocycles. The van der Waals surface area contributed by atoms with Crippen LogP contribution in [0.25, 0.3) is 0 Å². The van der Waals surface area contributed by atoms with Gasteiger partial charge in [0.1, 0.15) is 0 Å². The number of nitrogens with one attached hydrogen (secondary N) is 1. The van der Waals surface area contributed by atoms with Crippen LogP contribution in [0.5, 0.6) is 0 Å². The molecule has 0 bridgehead atoms. The lowest BCUT2D eigenvalue weighted by atomic mass is 10.1. The Morgan fingerprint density at radius 2 is 2.06 bits per heavy atom. The van der Waals surface area contributed by atoms with Crippen LogP contribution >= 0.6 is 0 Å². The van der Waals surface area contributed by atoms with E-state index < -0.39 is 10.0 Å². The van der Waals surface area contributed by atoms with E-state index in [1.165, 1.54) is 0 Å². The minimum absolute atomic E-state index is 0.156. The molecule has 0 aliphatic carbocycles. The number of hydrogen-bond donors (Lipinski definition) is 1. The van der Waals surface area contributed by atoms with Gasteiger partial charge in [-0.3, -0.25) is 0 Å². The average Bonchev–Trinajstić information content (AvgIpc) is 2.58. The first-order chi connectivity index (χ1) is 7.89. The van der Waals surface area contributed by atoms with Crippen LogP contribution in [-0.4, -0.2) is 43.6 Å². The van der Waals surface area contributed by atoms with Crippen molar-refractivity contribution in [2.75, 3.05) is 19.6 Å². The van der Waals surface area contributed by atoms with E-state index in [1.807, 2.05) is 6.92 Å². The quantitative estimate of drug-likeness (QED) is 0.737. The summed E-state index contributed by atoms with van der Waals surface area (Å²) in [6, 6.07) is 0.156. The molecule has 1 N–H and O–H groups in total. The minimum atomic E-state index is -3.13. The highest BCUT2D eigenvalue weighted by molar-refractivity contribution is 7.89. The van der Waals surface area contributed by atoms with Gasteiger partial charge in [-0.2, -0.15) is 4.31 Å². The third-order valence-corrected chi connectivity index (χ3v) is 5.77. The zero-order valence-corrected chi connectivity index (χ0v) is 12.3. The molecule has 0 spiro atoms. The summed E-state index contributed by atoms with van der Waals surface area (Å²) in [5.74, 6) is 0.482. The molecule has 1 rings (SSSR count). The Hall–Kier alpha value is -0.130. The maximum Gasteiger partial charge on any atom is 0.218 e. The zero-order valence-electron chi connectivity index (χ0n) is 11.4. The van der Waals surface area contributed by atoms with Gasteiger partial charge < -0.3 is 5.32 Å². The SMILES string of the molecule is CCCNCC(C)S(=O)(=O)N1CC(C)CC1C. The molecule has 0 aromatic carbocycles. The van der Waals surface area contributed by atoms with Crippen molar-refractivity contribution in [3.8, 4) is 0 Å². The predicted octanol–water partition coefficient (Wildman–Crippen LogP) is 1.43. The van der Waals surface area contributed by atoms with Gasteiger partial charge in [0.15, 0.2) is 0 Å². The molecule has 0 aromatic rings. The van der Waals surface area contributed by atoms with Crippen LogP contribution in [0.4, 0.5) is 0 Å². The van der Waals surface area contributed by atoms with Gasteiger partial charge >= 0.3 is 0 Å². The lowest BCUT2D eigenvalue weighted by molar-refractivity contribution is 0.397. The zero-order chi connectivity index (χ0) is 13.1. The highest BCUT2D eigenvalue weighted by atomic mass is 32.2. The lowest BCUT2D eigenvalue weighted by Crippen LogP contribution is -2.43. The Balaban J connectivity index is 2.61. The van der Waals surface area contributed by atoms with Gasteiger partial charge in [0.05, 0.1) is 5.25 Å². The van der Waals surface area contributed by atoms with Crippen LogP contribution in [0.2, 0.25) is 0 Å². The number of hydrogen-bond acceptors (Lipinski definition) is 3. The maximum absolute atomic E-state index is 12.4. The molecule has 102 valence electrons. The molecule has 0 amide bonds. The predicted molar refractivity (Wildman–Crippen MR) is 71.5 cm³/mol. The molecule has 1 heterocycles. The van der Waals surface area contributed by atoms with Crippen LogP contribution in [0.3, 0.4) is 0 Å². The second-order valence-electron chi connectivity index (χ2n) is 5.32. The summed E-state index contributed by atoms with van der Waals surface area (Å²) in [6.45, 7) is 10.1. The lowest BCUT2D eigenvalue weighted by Gasteiger charge is -2.25. The summed E-state index contributed by atoms with van der Waals surface area (Å²) in [5.41, 5.74) is 0. The number of rotatable bonds is 6. The summed E-state index contributed by atoms with van der Waals surface area (Å²) in [4.78, 5) is 0. The fourth-order valence-corrected chi connectivity index (χ4v) is 4.28. The number of nitrogens with zero attached hydrogens (tertiary/aromatic N) is 1. The van der Waals surface area contributed by atoms with Crippen molar-refractivity contribution in [3.05, 3.63) is 0 Å². The molecule has 0 radical (unpaired) electrons.